The lowest BCUT2D eigenvalue weighted by Crippen LogP contribution is -2.61. The van der Waals surface area contributed by atoms with E-state index in [2.05, 4.69) is 6.92 Å². The number of ether oxygens (including phenoxy) is 10. The van der Waals surface area contributed by atoms with Gasteiger partial charge < -0.3 is 62.5 Å². The van der Waals surface area contributed by atoms with Crippen LogP contribution in [0.5, 0.6) is 0 Å². The Morgan fingerprint density at radius 1 is 0.753 bits per heavy atom. The first-order valence-corrected chi connectivity index (χ1v) is 30.2. The third kappa shape index (κ3) is 22.7. The molecule has 2 bridgehead atoms. The molecule has 4 aliphatic rings. The zero-order valence-electron chi connectivity index (χ0n) is 51.0. The molecule has 15 atom stereocenters. The van der Waals surface area contributed by atoms with Crippen molar-refractivity contribution in [3.63, 3.8) is 0 Å². The van der Waals surface area contributed by atoms with Crippen LogP contribution in [0.15, 0.2) is 47.6 Å². The quantitative estimate of drug-likeness (QED) is 0.0476. The van der Waals surface area contributed by atoms with Crippen LogP contribution in [-0.4, -0.2) is 180 Å². The van der Waals surface area contributed by atoms with Gasteiger partial charge in [0.2, 0.25) is 5.79 Å². The first kappa shape index (κ1) is 69.8. The first-order chi connectivity index (χ1) is 38.8. The number of amides is 1. The number of rotatable bonds is 21. The summed E-state index contributed by atoms with van der Waals surface area (Å²) in [5.74, 6) is -6.79. The summed E-state index contributed by atoms with van der Waals surface area (Å²) in [5.41, 5.74) is 1.48. The summed E-state index contributed by atoms with van der Waals surface area (Å²) < 4.78 is 58.1. The Bertz CT molecular complexity index is 2040. The highest BCUT2D eigenvalue weighted by molar-refractivity contribution is 6.39. The molecule has 81 heavy (non-hydrogen) atoms. The molecule has 4 rings (SSSR count). The van der Waals surface area contributed by atoms with E-state index < -0.39 is 77.9 Å². The fourth-order valence-corrected chi connectivity index (χ4v) is 11.8. The Morgan fingerprint density at radius 2 is 1.44 bits per heavy atom. The maximum Gasteiger partial charge on any atom is 0.329 e. The van der Waals surface area contributed by atoms with Crippen molar-refractivity contribution in [3.8, 4) is 0 Å². The molecular weight excluding hydrogens is 1040 g/mol. The zero-order valence-corrected chi connectivity index (χ0v) is 51.0. The molecule has 2 N–H and O–H groups in total. The molecule has 3 aliphatic heterocycles. The van der Waals surface area contributed by atoms with Crippen molar-refractivity contribution in [3.05, 3.63) is 47.6 Å². The number of cyclic esters (lactones) is 1. The van der Waals surface area contributed by atoms with Crippen molar-refractivity contribution >= 4 is 29.4 Å². The van der Waals surface area contributed by atoms with Gasteiger partial charge in [0.15, 0.2) is 5.78 Å². The van der Waals surface area contributed by atoms with Gasteiger partial charge in [0.25, 0.3) is 11.7 Å². The van der Waals surface area contributed by atoms with E-state index in [0.29, 0.717) is 135 Å². The Morgan fingerprint density at radius 3 is 2.11 bits per heavy atom. The second kappa shape index (κ2) is 36.9. The lowest BCUT2D eigenvalue weighted by Gasteiger charge is -2.42. The molecule has 1 amide bonds. The molecule has 18 nitrogen and oxygen atoms in total. The van der Waals surface area contributed by atoms with Crippen LogP contribution in [-0.2, 0) is 71.3 Å². The fraction of sp³-hybridized carbons (Fsp3) is 0.794. The van der Waals surface area contributed by atoms with Crippen LogP contribution in [0.3, 0.4) is 0 Å². The summed E-state index contributed by atoms with van der Waals surface area (Å²) in [4.78, 5) is 71.5. The van der Waals surface area contributed by atoms with Crippen molar-refractivity contribution in [2.24, 2.45) is 35.5 Å². The van der Waals surface area contributed by atoms with E-state index in [1.165, 1.54) is 12.0 Å². The lowest BCUT2D eigenvalue weighted by atomic mass is 9.78. The summed E-state index contributed by atoms with van der Waals surface area (Å²) in [6.45, 7) is 19.4. The number of aliphatic hydroxyl groups excluding tert-OH is 1. The van der Waals surface area contributed by atoms with Crippen LogP contribution >= 0.6 is 0 Å². The minimum absolute atomic E-state index is 0.0469. The minimum atomic E-state index is -2.41. The summed E-state index contributed by atoms with van der Waals surface area (Å²) in [5, 5.41) is 23.7. The number of carbonyl (C=O) groups is 5. The number of piperidine rings is 1. The van der Waals surface area contributed by atoms with Gasteiger partial charge in [0, 0.05) is 65.8 Å². The van der Waals surface area contributed by atoms with Crippen LogP contribution < -0.4 is 0 Å². The highest BCUT2D eigenvalue weighted by atomic mass is 16.6. The molecule has 0 aromatic rings. The van der Waals surface area contributed by atoms with Crippen molar-refractivity contribution in [2.75, 3.05) is 80.7 Å². The third-order valence-corrected chi connectivity index (χ3v) is 16.8. The van der Waals surface area contributed by atoms with Gasteiger partial charge in [-0.1, -0.05) is 71.1 Å². The fourth-order valence-electron chi connectivity index (χ4n) is 11.8. The molecule has 0 aromatic heterocycles. The number of aliphatic hydroxyl groups is 2. The molecule has 3 heterocycles. The number of hydrogen-bond donors (Lipinski definition) is 2. The minimum Gasteiger partial charge on any atom is -0.461 e. The molecule has 0 radical (unpaired) electrons. The zero-order chi connectivity index (χ0) is 59.5. The van der Waals surface area contributed by atoms with Gasteiger partial charge in [-0.05, 0) is 139 Å². The van der Waals surface area contributed by atoms with E-state index in [-0.39, 0.29) is 60.9 Å². The number of fused-ring (bicyclic) bond motifs is 3. The SMILES string of the molecule is CCOCCOCCOCCOCCCC(=O)O[C@@H]1CC[C@@H](C[C@@H](C)[C@@H]2CC[C@H](C)/C=C(\C)[C@@H](O)[C@@H](OC)C(=O)[C@H](C)C[C@H](C)/C=C/C=C/C=C(\C)[C@@H](OC)C[C@@H]3CC[C@@H](C)[C@@](O)(O3)C(=O)C(=O)N3CCCC[C@H]3C(=O)O2)C[C@H]1OC. The Kier molecular flexibility index (Phi) is 31.8. The summed E-state index contributed by atoms with van der Waals surface area (Å²) in [6, 6.07) is -1.06. The van der Waals surface area contributed by atoms with E-state index in [1.807, 2.05) is 71.1 Å². The maximum atomic E-state index is 14.6. The van der Waals surface area contributed by atoms with E-state index in [0.717, 1.165) is 12.0 Å². The summed E-state index contributed by atoms with van der Waals surface area (Å²) >= 11 is 0. The van der Waals surface area contributed by atoms with Crippen molar-refractivity contribution in [1.29, 1.82) is 0 Å². The molecule has 462 valence electrons. The molecular formula is C63H103NO17. The monoisotopic (exact) mass is 1150 g/mol. The third-order valence-electron chi connectivity index (χ3n) is 16.8. The standard InChI is InChI=1S/C63H103NO17/c1-12-75-31-32-77-35-36-78-34-33-76-30-18-22-56(65)79-53-28-25-49(40-55(53)73-10)39-45(5)52-27-23-43(3)38-47(7)58(67)59(74-11)57(66)46(6)37-42(2)19-14-13-15-20-44(4)54(72-9)41-50-26-24-48(8)63(71,81-50)60(68)61(69)64-29-17-16-21-51(64)62(70)80-52/h13-15,19-20,38,42-43,45-46,48-55,58-59,67,71H,12,16-18,21-37,39-41H2,1-11H3/b15-13+,19-14+,44-20+,47-38+/t42-,43+,45-,46-,48-,49+,50+,51+,52+,53-,54+,55-,58-,59+,63-/m1/s1. The second-order valence-electron chi connectivity index (χ2n) is 23.3. The molecule has 0 spiro atoms. The van der Waals surface area contributed by atoms with Gasteiger partial charge in [0.1, 0.15) is 30.5 Å². The molecule has 0 aromatic carbocycles. The van der Waals surface area contributed by atoms with Crippen LogP contribution in [0.2, 0.25) is 0 Å². The van der Waals surface area contributed by atoms with E-state index >= 15 is 0 Å². The van der Waals surface area contributed by atoms with Crippen LogP contribution in [0.1, 0.15) is 152 Å². The first-order valence-electron chi connectivity index (χ1n) is 30.2. The van der Waals surface area contributed by atoms with Gasteiger partial charge in [0.05, 0.1) is 58.0 Å². The van der Waals surface area contributed by atoms with E-state index in [4.69, 9.17) is 47.4 Å². The molecule has 0 unspecified atom stereocenters. The number of ketones is 2. The van der Waals surface area contributed by atoms with E-state index in [9.17, 15) is 34.2 Å². The molecule has 18 heteroatoms. The van der Waals surface area contributed by atoms with Crippen LogP contribution in [0.4, 0.5) is 0 Å². The van der Waals surface area contributed by atoms with Gasteiger partial charge in [-0.3, -0.25) is 19.2 Å². The maximum absolute atomic E-state index is 14.6. The number of allylic oxidation sites excluding steroid dienone is 6. The molecule has 3 fully saturated rings. The number of nitrogens with zero attached hydrogens (tertiary/aromatic N) is 1. The summed E-state index contributed by atoms with van der Waals surface area (Å²) in [6.07, 6.45) is 14.7. The van der Waals surface area contributed by atoms with Gasteiger partial charge in [-0.25, -0.2) is 4.79 Å². The van der Waals surface area contributed by atoms with Gasteiger partial charge >= 0.3 is 11.9 Å². The van der Waals surface area contributed by atoms with Crippen molar-refractivity contribution in [1.82, 2.24) is 4.90 Å². The smallest absolute Gasteiger partial charge is 0.329 e. The number of methoxy groups -OCH3 is 3. The highest BCUT2D eigenvalue weighted by Gasteiger charge is 2.53. The summed E-state index contributed by atoms with van der Waals surface area (Å²) in [7, 11) is 4.65. The molecule has 1 aliphatic carbocycles. The lowest BCUT2D eigenvalue weighted by molar-refractivity contribution is -0.265. The average Bonchev–Trinajstić information content (AvgIpc) is 3.46. The largest absolute Gasteiger partial charge is 0.461 e. The molecule has 1 saturated carbocycles. The van der Waals surface area contributed by atoms with Gasteiger partial charge in [-0.2, -0.15) is 0 Å². The number of hydrogen-bond acceptors (Lipinski definition) is 17. The molecule has 2 saturated heterocycles. The Hall–Kier alpha value is -3.69. The topological polar surface area (TPSA) is 221 Å². The highest BCUT2D eigenvalue weighted by Crippen LogP contribution is 2.38. The van der Waals surface area contributed by atoms with Crippen LogP contribution in [0.25, 0.3) is 0 Å². The number of Topliss-reactive ketones (excluding diaryl/α,β-unsaturated/α-hetero) is 2. The van der Waals surface area contributed by atoms with E-state index in [1.54, 1.807) is 28.1 Å². The van der Waals surface area contributed by atoms with Crippen LogP contribution in [0, 0.1) is 35.5 Å². The van der Waals surface area contributed by atoms with Crippen molar-refractivity contribution < 1.29 is 81.6 Å². The average molecular weight is 1150 g/mol. The second-order valence-corrected chi connectivity index (χ2v) is 23.3. The predicted octanol–water partition coefficient (Wildman–Crippen LogP) is 8.42. The Labute approximate surface area is 484 Å². The predicted molar refractivity (Wildman–Crippen MR) is 307 cm³/mol. The van der Waals surface area contributed by atoms with Crippen molar-refractivity contribution in [2.45, 2.75) is 206 Å². The number of carbonyl (C=O) groups excluding carboxylic acids is 5. The number of esters is 2. The van der Waals surface area contributed by atoms with Gasteiger partial charge in [-0.15, -0.1) is 0 Å². The normalized spacial score (nSPS) is 34.7. The Balaban J connectivity index is 1.51.